The second-order valence-corrected chi connectivity index (χ2v) is 4.04. The minimum atomic E-state index is -1.000. The van der Waals surface area contributed by atoms with Gasteiger partial charge in [-0.1, -0.05) is 0 Å². The van der Waals surface area contributed by atoms with E-state index in [4.69, 9.17) is 10.8 Å². The van der Waals surface area contributed by atoms with Gasteiger partial charge in [-0.05, 0) is 19.3 Å². The van der Waals surface area contributed by atoms with Crippen LogP contribution in [-0.4, -0.2) is 41.0 Å². The lowest BCUT2D eigenvalue weighted by Gasteiger charge is -2.38. The Bertz CT molecular complexity index is 248. The van der Waals surface area contributed by atoms with Crippen LogP contribution in [0.25, 0.3) is 0 Å². The van der Waals surface area contributed by atoms with E-state index in [-0.39, 0.29) is 24.4 Å². The maximum absolute atomic E-state index is 11.5. The Hall–Kier alpha value is -1.10. The highest BCUT2D eigenvalue weighted by Crippen LogP contribution is 2.32. The number of hydrogen-bond acceptors (Lipinski definition) is 3. The predicted octanol–water partition coefficient (Wildman–Crippen LogP) is -0.199. The summed E-state index contributed by atoms with van der Waals surface area (Å²) in [6.07, 6.45) is 3.04. The quantitative estimate of drug-likeness (QED) is 0.658. The molecule has 0 radical (unpaired) electrons. The molecule has 1 saturated carbocycles. The average Bonchev–Trinajstić information content (AvgIpc) is 2.00. The van der Waals surface area contributed by atoms with Gasteiger partial charge in [-0.3, -0.25) is 9.59 Å². The summed E-state index contributed by atoms with van der Waals surface area (Å²) < 4.78 is 0. The van der Waals surface area contributed by atoms with E-state index in [0.29, 0.717) is 0 Å². The van der Waals surface area contributed by atoms with Crippen molar-refractivity contribution in [2.75, 3.05) is 13.6 Å². The Morgan fingerprint density at radius 1 is 1.50 bits per heavy atom. The van der Waals surface area contributed by atoms with E-state index in [1.165, 1.54) is 11.9 Å². The number of hydrogen-bond donors (Lipinski definition) is 2. The van der Waals surface area contributed by atoms with E-state index >= 15 is 0 Å². The lowest BCUT2D eigenvalue weighted by atomic mass is 9.75. The van der Waals surface area contributed by atoms with Crippen LogP contribution < -0.4 is 5.73 Å². The highest BCUT2D eigenvalue weighted by Gasteiger charge is 2.35. The summed E-state index contributed by atoms with van der Waals surface area (Å²) in [7, 11) is 1.48. The van der Waals surface area contributed by atoms with E-state index in [0.717, 1.165) is 19.3 Å². The average molecular weight is 200 g/mol. The van der Waals surface area contributed by atoms with Crippen LogP contribution in [0.1, 0.15) is 25.7 Å². The Morgan fingerprint density at radius 3 is 2.43 bits per heavy atom. The molecule has 1 fully saturated rings. The molecule has 14 heavy (non-hydrogen) atoms. The normalized spacial score (nSPS) is 18.4. The molecule has 0 heterocycles. The van der Waals surface area contributed by atoms with Crippen molar-refractivity contribution in [3.05, 3.63) is 0 Å². The number of nitrogens with zero attached hydrogens (tertiary/aromatic N) is 1. The van der Waals surface area contributed by atoms with Gasteiger partial charge in [-0.25, -0.2) is 0 Å². The van der Waals surface area contributed by atoms with Crippen molar-refractivity contribution in [2.45, 2.75) is 31.2 Å². The van der Waals surface area contributed by atoms with Crippen LogP contribution in [0.2, 0.25) is 0 Å². The zero-order chi connectivity index (χ0) is 10.8. The number of rotatable bonds is 4. The number of carbonyl (C=O) groups is 2. The summed E-state index contributed by atoms with van der Waals surface area (Å²) in [6.45, 7) is -0.255. The monoisotopic (exact) mass is 200 g/mol. The van der Waals surface area contributed by atoms with Gasteiger partial charge in [0, 0.05) is 19.0 Å². The van der Waals surface area contributed by atoms with Crippen LogP contribution in [0, 0.1) is 0 Å². The zero-order valence-corrected chi connectivity index (χ0v) is 8.32. The zero-order valence-electron chi connectivity index (χ0n) is 8.32. The van der Waals surface area contributed by atoms with Crippen molar-refractivity contribution in [1.29, 1.82) is 0 Å². The molecule has 0 aromatic carbocycles. The van der Waals surface area contributed by atoms with Gasteiger partial charge >= 0.3 is 5.97 Å². The summed E-state index contributed by atoms with van der Waals surface area (Å²) in [4.78, 5) is 23.0. The molecule has 0 aromatic heterocycles. The number of aliphatic carboxylic acids is 1. The van der Waals surface area contributed by atoms with Crippen LogP contribution in [0.3, 0.4) is 0 Å². The third kappa shape index (κ3) is 2.70. The fraction of sp³-hybridized carbons (Fsp3) is 0.778. The molecule has 3 N–H and O–H groups in total. The lowest BCUT2D eigenvalue weighted by Crippen LogP contribution is -2.50. The summed E-state index contributed by atoms with van der Waals surface area (Å²) in [5, 5.41) is 8.48. The number of carbonyl (C=O) groups excluding carboxylic acids is 1. The molecule has 1 rings (SSSR count). The molecule has 0 bridgehead atoms. The Balaban J connectivity index is 2.37. The van der Waals surface area contributed by atoms with E-state index < -0.39 is 5.97 Å². The second kappa shape index (κ2) is 3.96. The number of nitrogens with two attached hydrogens (primary N) is 1. The first-order chi connectivity index (χ1) is 6.43. The van der Waals surface area contributed by atoms with Crippen molar-refractivity contribution in [2.24, 2.45) is 5.73 Å². The topological polar surface area (TPSA) is 83.6 Å². The SMILES string of the molecule is CN(CC(=O)O)C(=O)CC1(N)CCC1. The second-order valence-electron chi connectivity index (χ2n) is 4.04. The third-order valence-corrected chi connectivity index (χ3v) is 2.65. The highest BCUT2D eigenvalue weighted by molar-refractivity contribution is 5.81. The lowest BCUT2D eigenvalue weighted by molar-refractivity contribution is -0.144. The molecule has 5 heteroatoms. The molecule has 1 amide bonds. The van der Waals surface area contributed by atoms with Gasteiger partial charge in [-0.2, -0.15) is 0 Å². The standard InChI is InChI=1S/C9H16N2O3/c1-11(6-8(13)14)7(12)5-9(10)3-2-4-9/h2-6,10H2,1H3,(H,13,14). The number of amides is 1. The molecule has 80 valence electrons. The van der Waals surface area contributed by atoms with Gasteiger partial charge in [0.05, 0.1) is 0 Å². The van der Waals surface area contributed by atoms with Crippen molar-refractivity contribution in [3.8, 4) is 0 Å². The van der Waals surface area contributed by atoms with Gasteiger partial charge in [0.1, 0.15) is 6.54 Å². The minimum absolute atomic E-state index is 0.186. The van der Waals surface area contributed by atoms with Gasteiger partial charge in [0.15, 0.2) is 0 Å². The minimum Gasteiger partial charge on any atom is -0.480 e. The summed E-state index contributed by atoms with van der Waals surface area (Å²) in [5.74, 6) is -1.19. The van der Waals surface area contributed by atoms with Crippen LogP contribution in [-0.2, 0) is 9.59 Å². The molecule has 0 spiro atoms. The molecular formula is C9H16N2O3. The maximum Gasteiger partial charge on any atom is 0.323 e. The van der Waals surface area contributed by atoms with Crippen molar-refractivity contribution < 1.29 is 14.7 Å². The summed E-state index contributed by atoms with van der Waals surface area (Å²) in [5.41, 5.74) is 5.51. The van der Waals surface area contributed by atoms with E-state index in [1.807, 2.05) is 0 Å². The van der Waals surface area contributed by atoms with E-state index in [1.54, 1.807) is 0 Å². The van der Waals surface area contributed by atoms with Crippen LogP contribution >= 0.6 is 0 Å². The number of carboxylic acids is 1. The molecule has 0 aromatic rings. The van der Waals surface area contributed by atoms with Crippen molar-refractivity contribution >= 4 is 11.9 Å². The Labute approximate surface area is 82.9 Å². The largest absolute Gasteiger partial charge is 0.480 e. The van der Waals surface area contributed by atoms with Gasteiger partial charge in [0.25, 0.3) is 0 Å². The van der Waals surface area contributed by atoms with E-state index in [2.05, 4.69) is 0 Å². The first-order valence-corrected chi connectivity index (χ1v) is 4.68. The first-order valence-electron chi connectivity index (χ1n) is 4.68. The summed E-state index contributed by atoms with van der Waals surface area (Å²) in [6, 6.07) is 0. The Morgan fingerprint density at radius 2 is 2.07 bits per heavy atom. The molecule has 5 nitrogen and oxygen atoms in total. The van der Waals surface area contributed by atoms with Crippen LogP contribution in [0.4, 0.5) is 0 Å². The smallest absolute Gasteiger partial charge is 0.323 e. The molecule has 0 atom stereocenters. The van der Waals surface area contributed by atoms with E-state index in [9.17, 15) is 9.59 Å². The number of carboxylic acid groups (broad SMARTS) is 1. The number of likely N-dealkylation sites (N-methyl/N-ethyl adjacent to an activating group) is 1. The molecule has 1 aliphatic rings. The van der Waals surface area contributed by atoms with Crippen molar-refractivity contribution in [3.63, 3.8) is 0 Å². The Kier molecular flexibility index (Phi) is 3.10. The molecule has 0 saturated heterocycles. The predicted molar refractivity (Wildman–Crippen MR) is 50.7 cm³/mol. The molecular weight excluding hydrogens is 184 g/mol. The third-order valence-electron chi connectivity index (χ3n) is 2.65. The summed E-state index contributed by atoms with van der Waals surface area (Å²) >= 11 is 0. The molecule has 0 aliphatic heterocycles. The molecule has 0 unspecified atom stereocenters. The first kappa shape index (κ1) is 11.0. The molecule has 1 aliphatic carbocycles. The van der Waals surface area contributed by atoms with Crippen LogP contribution in [0.15, 0.2) is 0 Å². The fourth-order valence-corrected chi connectivity index (χ4v) is 1.53. The fourth-order valence-electron chi connectivity index (χ4n) is 1.53. The van der Waals surface area contributed by atoms with Gasteiger partial charge in [-0.15, -0.1) is 0 Å². The van der Waals surface area contributed by atoms with Gasteiger partial charge < -0.3 is 15.7 Å². The van der Waals surface area contributed by atoms with Crippen molar-refractivity contribution in [1.82, 2.24) is 4.90 Å². The maximum atomic E-state index is 11.5. The van der Waals surface area contributed by atoms with Crippen LogP contribution in [0.5, 0.6) is 0 Å². The highest BCUT2D eigenvalue weighted by atomic mass is 16.4. The van der Waals surface area contributed by atoms with Gasteiger partial charge in [0.2, 0.25) is 5.91 Å².